The van der Waals surface area contributed by atoms with Gasteiger partial charge in [0.2, 0.25) is 0 Å². The van der Waals surface area contributed by atoms with Gasteiger partial charge in [0.15, 0.2) is 0 Å². The molecule has 1 aromatic rings. The molecule has 0 amide bonds. The van der Waals surface area contributed by atoms with E-state index in [1.54, 1.807) is 0 Å². The average Bonchev–Trinajstić information content (AvgIpc) is 2.72. The van der Waals surface area contributed by atoms with Crippen molar-refractivity contribution in [1.29, 1.82) is 0 Å². The van der Waals surface area contributed by atoms with Crippen LogP contribution < -0.4 is 0 Å². The van der Waals surface area contributed by atoms with Crippen LogP contribution in [0.4, 0.5) is 0 Å². The van der Waals surface area contributed by atoms with Crippen LogP contribution in [0.15, 0.2) is 30.3 Å². The summed E-state index contributed by atoms with van der Waals surface area (Å²) in [5.41, 5.74) is 1.29. The predicted molar refractivity (Wildman–Crippen MR) is 61.5 cm³/mol. The van der Waals surface area contributed by atoms with Crippen molar-refractivity contribution in [3.63, 3.8) is 0 Å². The number of benzene rings is 1. The van der Waals surface area contributed by atoms with Gasteiger partial charge in [-0.15, -0.1) is 11.6 Å². The SMILES string of the molecule is CC(C)[C@@H]1[C@H](C)[C@@]1(Cl)c1ccccc1. The van der Waals surface area contributed by atoms with Gasteiger partial charge < -0.3 is 0 Å². The molecule has 3 atom stereocenters. The van der Waals surface area contributed by atoms with Crippen LogP contribution >= 0.6 is 11.6 Å². The van der Waals surface area contributed by atoms with Crippen LogP contribution in [0.5, 0.6) is 0 Å². The van der Waals surface area contributed by atoms with Gasteiger partial charge in [0, 0.05) is 0 Å². The van der Waals surface area contributed by atoms with Gasteiger partial charge in [0.25, 0.3) is 0 Å². The third-order valence-electron chi connectivity index (χ3n) is 3.51. The molecular formula is C13H17Cl. The molecule has 0 radical (unpaired) electrons. The van der Waals surface area contributed by atoms with Crippen LogP contribution in [-0.2, 0) is 4.87 Å². The average molecular weight is 209 g/mol. The fourth-order valence-electron chi connectivity index (χ4n) is 2.76. The Morgan fingerprint density at radius 1 is 1.21 bits per heavy atom. The summed E-state index contributed by atoms with van der Waals surface area (Å²) < 4.78 is 0. The highest BCUT2D eigenvalue weighted by molar-refractivity contribution is 6.26. The fourth-order valence-corrected chi connectivity index (χ4v) is 3.40. The Hall–Kier alpha value is -0.490. The highest BCUT2D eigenvalue weighted by atomic mass is 35.5. The zero-order chi connectivity index (χ0) is 10.3. The van der Waals surface area contributed by atoms with E-state index in [0.29, 0.717) is 17.8 Å². The van der Waals surface area contributed by atoms with Crippen molar-refractivity contribution in [2.24, 2.45) is 17.8 Å². The van der Waals surface area contributed by atoms with Crippen LogP contribution in [0.2, 0.25) is 0 Å². The summed E-state index contributed by atoms with van der Waals surface area (Å²) in [6, 6.07) is 10.5. The minimum Gasteiger partial charge on any atom is -0.113 e. The Kier molecular flexibility index (Phi) is 2.35. The van der Waals surface area contributed by atoms with Crippen LogP contribution in [-0.4, -0.2) is 0 Å². The zero-order valence-corrected chi connectivity index (χ0v) is 9.75. The molecule has 0 nitrogen and oxygen atoms in total. The van der Waals surface area contributed by atoms with Crippen LogP contribution in [0.25, 0.3) is 0 Å². The van der Waals surface area contributed by atoms with E-state index in [2.05, 4.69) is 45.0 Å². The third-order valence-corrected chi connectivity index (χ3v) is 4.33. The second-order valence-electron chi connectivity index (χ2n) is 4.69. The molecule has 2 rings (SSSR count). The molecule has 1 aromatic carbocycles. The minimum absolute atomic E-state index is 0.0879. The van der Waals surface area contributed by atoms with E-state index >= 15 is 0 Å². The lowest BCUT2D eigenvalue weighted by atomic mass is 10.0. The van der Waals surface area contributed by atoms with Crippen LogP contribution in [0.3, 0.4) is 0 Å². The quantitative estimate of drug-likeness (QED) is 0.644. The highest BCUT2D eigenvalue weighted by Gasteiger charge is 2.62. The summed E-state index contributed by atoms with van der Waals surface area (Å²) in [5.74, 6) is 1.90. The maximum absolute atomic E-state index is 6.68. The van der Waals surface area contributed by atoms with E-state index in [1.807, 2.05) is 6.07 Å². The normalized spacial score (nSPS) is 36.1. The molecule has 0 heterocycles. The summed E-state index contributed by atoms with van der Waals surface area (Å²) in [6.45, 7) is 6.77. The first kappa shape index (κ1) is 10.0. The largest absolute Gasteiger partial charge is 0.113 e. The maximum atomic E-state index is 6.68. The molecule has 0 aromatic heterocycles. The molecule has 76 valence electrons. The van der Waals surface area contributed by atoms with E-state index in [0.717, 1.165) is 0 Å². The molecule has 14 heavy (non-hydrogen) atoms. The van der Waals surface area contributed by atoms with Gasteiger partial charge in [-0.25, -0.2) is 0 Å². The molecule has 0 aliphatic heterocycles. The minimum atomic E-state index is -0.0879. The van der Waals surface area contributed by atoms with Gasteiger partial charge >= 0.3 is 0 Å². The van der Waals surface area contributed by atoms with Crippen molar-refractivity contribution in [3.05, 3.63) is 35.9 Å². The van der Waals surface area contributed by atoms with E-state index in [-0.39, 0.29) is 4.87 Å². The first-order valence-electron chi connectivity index (χ1n) is 5.33. The highest BCUT2D eigenvalue weighted by Crippen LogP contribution is 2.65. The Morgan fingerprint density at radius 3 is 2.21 bits per heavy atom. The lowest BCUT2D eigenvalue weighted by Crippen LogP contribution is -2.04. The van der Waals surface area contributed by atoms with Crippen LogP contribution in [0, 0.1) is 17.8 Å². The monoisotopic (exact) mass is 208 g/mol. The number of hydrogen-bond acceptors (Lipinski definition) is 0. The van der Waals surface area contributed by atoms with Gasteiger partial charge in [-0.1, -0.05) is 51.1 Å². The molecule has 1 aliphatic carbocycles. The molecule has 0 bridgehead atoms. The first-order valence-corrected chi connectivity index (χ1v) is 5.70. The molecular weight excluding hydrogens is 192 g/mol. The van der Waals surface area contributed by atoms with Gasteiger partial charge in [0.1, 0.15) is 0 Å². The summed E-state index contributed by atoms with van der Waals surface area (Å²) in [4.78, 5) is -0.0879. The van der Waals surface area contributed by atoms with E-state index in [1.165, 1.54) is 5.56 Å². The van der Waals surface area contributed by atoms with Gasteiger partial charge in [0.05, 0.1) is 4.87 Å². The maximum Gasteiger partial charge on any atom is 0.0757 e. The number of halogens is 1. The van der Waals surface area contributed by atoms with Crippen molar-refractivity contribution >= 4 is 11.6 Å². The Bertz CT molecular complexity index is 317. The van der Waals surface area contributed by atoms with E-state index in [9.17, 15) is 0 Å². The second-order valence-corrected chi connectivity index (χ2v) is 5.32. The Balaban J connectivity index is 2.29. The summed E-state index contributed by atoms with van der Waals surface area (Å²) >= 11 is 6.68. The molecule has 0 unspecified atom stereocenters. The lowest BCUT2D eigenvalue weighted by Gasteiger charge is -2.11. The zero-order valence-electron chi connectivity index (χ0n) is 9.00. The van der Waals surface area contributed by atoms with Crippen molar-refractivity contribution in [3.8, 4) is 0 Å². The fraction of sp³-hybridized carbons (Fsp3) is 0.538. The van der Waals surface area contributed by atoms with E-state index in [4.69, 9.17) is 11.6 Å². The van der Waals surface area contributed by atoms with Crippen molar-refractivity contribution in [2.75, 3.05) is 0 Å². The van der Waals surface area contributed by atoms with E-state index < -0.39 is 0 Å². The number of alkyl halides is 1. The van der Waals surface area contributed by atoms with Gasteiger partial charge in [-0.3, -0.25) is 0 Å². The molecule has 0 saturated heterocycles. The summed E-state index contributed by atoms with van der Waals surface area (Å²) in [7, 11) is 0. The molecule has 1 heteroatoms. The van der Waals surface area contributed by atoms with Crippen LogP contribution in [0.1, 0.15) is 26.3 Å². The molecule has 0 N–H and O–H groups in total. The molecule has 1 saturated carbocycles. The smallest absolute Gasteiger partial charge is 0.0757 e. The van der Waals surface area contributed by atoms with Gasteiger partial charge in [-0.2, -0.15) is 0 Å². The molecule has 1 aliphatic rings. The van der Waals surface area contributed by atoms with Crippen molar-refractivity contribution in [1.82, 2.24) is 0 Å². The lowest BCUT2D eigenvalue weighted by molar-refractivity contribution is 0.517. The van der Waals surface area contributed by atoms with Crippen molar-refractivity contribution < 1.29 is 0 Å². The number of rotatable bonds is 2. The molecule has 0 spiro atoms. The Morgan fingerprint density at radius 2 is 1.79 bits per heavy atom. The molecule has 1 fully saturated rings. The second kappa shape index (κ2) is 3.27. The summed E-state index contributed by atoms with van der Waals surface area (Å²) in [5, 5.41) is 0. The standard InChI is InChI=1S/C13H17Cl/c1-9(2)12-10(3)13(12,14)11-7-5-4-6-8-11/h4-10,12H,1-3H3/t10-,12+,13+/m0/s1. The summed E-state index contributed by atoms with van der Waals surface area (Å²) in [6.07, 6.45) is 0. The van der Waals surface area contributed by atoms with Gasteiger partial charge in [-0.05, 0) is 23.3 Å². The topological polar surface area (TPSA) is 0 Å². The third kappa shape index (κ3) is 1.28. The van der Waals surface area contributed by atoms with Crippen molar-refractivity contribution in [2.45, 2.75) is 25.6 Å². The Labute approximate surface area is 91.3 Å². The number of hydrogen-bond donors (Lipinski definition) is 0. The predicted octanol–water partition coefficient (Wildman–Crippen LogP) is 4.04. The first-order chi connectivity index (χ1) is 6.58.